The number of amides is 1. The lowest BCUT2D eigenvalue weighted by molar-refractivity contribution is -0.124. The second-order valence-electron chi connectivity index (χ2n) is 4.58. The molecule has 5 heteroatoms. The van der Waals surface area contributed by atoms with Crippen molar-refractivity contribution in [2.75, 3.05) is 21.1 Å². The van der Waals surface area contributed by atoms with E-state index in [9.17, 15) is 4.79 Å². The summed E-state index contributed by atoms with van der Waals surface area (Å²) in [5.41, 5.74) is 7.46. The highest BCUT2D eigenvalue weighted by Crippen LogP contribution is 2.14. The smallest absolute Gasteiger partial charge is 0.253 e. The van der Waals surface area contributed by atoms with Gasteiger partial charge in [-0.3, -0.25) is 4.79 Å². The molecule has 3 N–H and O–H groups in total. The minimum Gasteiger partial charge on any atom is -0.391 e. The highest BCUT2D eigenvalue weighted by atomic mass is 16.2. The molecule has 0 unspecified atom stereocenters. The summed E-state index contributed by atoms with van der Waals surface area (Å²) < 4.78 is 0. The number of hydrogen-bond acceptors (Lipinski definition) is 4. The van der Waals surface area contributed by atoms with Gasteiger partial charge in [0, 0.05) is 45.6 Å². The van der Waals surface area contributed by atoms with Gasteiger partial charge in [-0.15, -0.1) is 0 Å². The second-order valence-corrected chi connectivity index (χ2v) is 4.58. The number of aliphatic imine (C=N–C) groups is 1. The number of nitrogens with one attached hydrogen (secondary N) is 1. The fourth-order valence-electron chi connectivity index (χ4n) is 1.68. The van der Waals surface area contributed by atoms with Crippen LogP contribution in [0.3, 0.4) is 0 Å². The number of carbonyl (C=O) groups excluding carboxylic acids is 1. The van der Waals surface area contributed by atoms with E-state index in [0.717, 1.165) is 12.0 Å². The van der Waals surface area contributed by atoms with Gasteiger partial charge < -0.3 is 16.0 Å². The maximum atomic E-state index is 11.9. The minimum absolute atomic E-state index is 0.0192. The summed E-state index contributed by atoms with van der Waals surface area (Å²) in [4.78, 5) is 17.5. The predicted octanol–water partition coefficient (Wildman–Crippen LogP) is 1.33. The molecule has 1 aliphatic rings. The molecule has 1 aliphatic carbocycles. The molecule has 108 valence electrons. The number of nitrogens with zero attached hydrogens (tertiary/aromatic N) is 2. The highest BCUT2D eigenvalue weighted by molar-refractivity contribution is 5.96. The zero-order valence-electron chi connectivity index (χ0n) is 12.3. The predicted molar refractivity (Wildman–Crippen MR) is 83.1 cm³/mol. The molecule has 20 heavy (non-hydrogen) atoms. The van der Waals surface area contributed by atoms with Gasteiger partial charge in [0.2, 0.25) is 0 Å². The Morgan fingerprint density at radius 3 is 2.85 bits per heavy atom. The summed E-state index contributed by atoms with van der Waals surface area (Å²) in [5, 5.41) is 2.81. The van der Waals surface area contributed by atoms with Gasteiger partial charge in [-0.25, -0.2) is 4.99 Å². The number of allylic oxidation sites excluding steroid dienone is 4. The molecule has 5 nitrogen and oxygen atoms in total. The summed E-state index contributed by atoms with van der Waals surface area (Å²) in [5.74, 6) is 0.457. The fourth-order valence-corrected chi connectivity index (χ4v) is 1.68. The molecule has 1 rings (SSSR count). The average Bonchev–Trinajstić information content (AvgIpc) is 2.64. The molecule has 0 saturated heterocycles. The molecule has 1 amide bonds. The van der Waals surface area contributed by atoms with E-state index in [1.807, 2.05) is 18.2 Å². The first-order valence-corrected chi connectivity index (χ1v) is 6.49. The molecule has 0 heterocycles. The van der Waals surface area contributed by atoms with E-state index < -0.39 is 0 Å². The standard InChI is InChI=1S/C15H22N4O/c1-17-11-14(16)18-10-9-12-5-4-6-13(8-7-12)15(20)19(2)3/h5-8,10-11,17H,4,9,16H2,1-3H3/b14-11-,18-10?. The molecule has 0 radical (unpaired) electrons. The molecule has 0 atom stereocenters. The number of likely N-dealkylation sites (N-methyl/N-ethyl adjacent to an activating group) is 1. The maximum Gasteiger partial charge on any atom is 0.253 e. The van der Waals surface area contributed by atoms with Crippen molar-refractivity contribution in [3.63, 3.8) is 0 Å². The van der Waals surface area contributed by atoms with Crippen molar-refractivity contribution < 1.29 is 4.79 Å². The summed E-state index contributed by atoms with van der Waals surface area (Å²) in [7, 11) is 5.27. The van der Waals surface area contributed by atoms with Crippen LogP contribution in [0.2, 0.25) is 0 Å². The highest BCUT2D eigenvalue weighted by Gasteiger charge is 2.09. The van der Waals surface area contributed by atoms with Crippen LogP contribution >= 0.6 is 0 Å². The van der Waals surface area contributed by atoms with E-state index in [0.29, 0.717) is 17.8 Å². The number of hydrogen-bond donors (Lipinski definition) is 2. The second kappa shape index (κ2) is 7.99. The van der Waals surface area contributed by atoms with Crippen LogP contribution in [0.1, 0.15) is 12.8 Å². The Hall–Kier alpha value is -2.30. The molecule has 0 spiro atoms. The Balaban J connectivity index is 2.61. The monoisotopic (exact) mass is 274 g/mol. The van der Waals surface area contributed by atoms with E-state index in [4.69, 9.17) is 5.73 Å². The van der Waals surface area contributed by atoms with E-state index >= 15 is 0 Å². The maximum absolute atomic E-state index is 11.9. The lowest BCUT2D eigenvalue weighted by atomic mass is 10.1. The third-order valence-corrected chi connectivity index (χ3v) is 2.71. The average molecular weight is 274 g/mol. The third kappa shape index (κ3) is 5.14. The molecule has 0 saturated carbocycles. The number of carbonyl (C=O) groups is 1. The fraction of sp³-hybridized carbons (Fsp3) is 0.333. The SMILES string of the molecule is CN/C=C(/N)N=CCC1=CCC=C(C(=O)N(C)C)C=C1. The van der Waals surface area contributed by atoms with Crippen LogP contribution in [-0.4, -0.2) is 38.2 Å². The van der Waals surface area contributed by atoms with Crippen molar-refractivity contribution in [3.8, 4) is 0 Å². The van der Waals surface area contributed by atoms with Crippen molar-refractivity contribution in [2.45, 2.75) is 12.8 Å². The molecule has 0 fully saturated rings. The van der Waals surface area contributed by atoms with Crippen molar-refractivity contribution in [3.05, 3.63) is 47.5 Å². The Bertz CT molecular complexity index is 496. The molecular formula is C15H22N4O. The number of nitrogens with two attached hydrogens (primary N) is 1. The van der Waals surface area contributed by atoms with Gasteiger partial charge in [0.15, 0.2) is 0 Å². The van der Waals surface area contributed by atoms with Gasteiger partial charge in [-0.1, -0.05) is 18.2 Å². The van der Waals surface area contributed by atoms with Crippen molar-refractivity contribution >= 4 is 12.1 Å². The van der Waals surface area contributed by atoms with E-state index in [1.165, 1.54) is 0 Å². The number of rotatable bonds is 5. The molecule has 0 aromatic heterocycles. The first-order chi connectivity index (χ1) is 9.54. The quantitative estimate of drug-likeness (QED) is 0.743. The Morgan fingerprint density at radius 1 is 1.45 bits per heavy atom. The zero-order valence-corrected chi connectivity index (χ0v) is 12.3. The van der Waals surface area contributed by atoms with E-state index in [-0.39, 0.29) is 5.91 Å². The summed E-state index contributed by atoms with van der Waals surface area (Å²) in [6.07, 6.45) is 12.6. The topological polar surface area (TPSA) is 70.7 Å². The lowest BCUT2D eigenvalue weighted by Gasteiger charge is -2.10. The zero-order chi connectivity index (χ0) is 15.0. The summed E-state index contributed by atoms with van der Waals surface area (Å²) in [6.45, 7) is 0. The molecule has 0 aliphatic heterocycles. The van der Waals surface area contributed by atoms with Crippen molar-refractivity contribution in [1.82, 2.24) is 10.2 Å². The summed E-state index contributed by atoms with van der Waals surface area (Å²) in [6, 6.07) is 0. The van der Waals surface area contributed by atoms with Crippen LogP contribution in [0, 0.1) is 0 Å². The Kier molecular flexibility index (Phi) is 6.29. The van der Waals surface area contributed by atoms with Gasteiger partial charge >= 0.3 is 0 Å². The Labute approximate surface area is 120 Å². The molecule has 0 bridgehead atoms. The summed E-state index contributed by atoms with van der Waals surface area (Å²) >= 11 is 0. The molecule has 0 aromatic carbocycles. The van der Waals surface area contributed by atoms with Gasteiger partial charge in [0.1, 0.15) is 5.82 Å². The van der Waals surface area contributed by atoms with E-state index in [2.05, 4.69) is 16.4 Å². The van der Waals surface area contributed by atoms with Crippen LogP contribution < -0.4 is 11.1 Å². The minimum atomic E-state index is 0.0192. The van der Waals surface area contributed by atoms with Crippen LogP contribution in [0.15, 0.2) is 52.5 Å². The van der Waals surface area contributed by atoms with E-state index in [1.54, 1.807) is 38.5 Å². The normalized spacial score (nSPS) is 15.7. The van der Waals surface area contributed by atoms with Crippen LogP contribution in [-0.2, 0) is 4.79 Å². The van der Waals surface area contributed by atoms with Gasteiger partial charge in [-0.05, 0) is 18.1 Å². The largest absolute Gasteiger partial charge is 0.391 e. The first kappa shape index (κ1) is 15.8. The molecule has 0 aromatic rings. The Morgan fingerprint density at radius 2 is 2.20 bits per heavy atom. The van der Waals surface area contributed by atoms with Gasteiger partial charge in [0.25, 0.3) is 5.91 Å². The first-order valence-electron chi connectivity index (χ1n) is 6.49. The van der Waals surface area contributed by atoms with Gasteiger partial charge in [0.05, 0.1) is 0 Å². The van der Waals surface area contributed by atoms with Crippen LogP contribution in [0.5, 0.6) is 0 Å². The third-order valence-electron chi connectivity index (χ3n) is 2.71. The van der Waals surface area contributed by atoms with Crippen molar-refractivity contribution in [1.29, 1.82) is 0 Å². The van der Waals surface area contributed by atoms with Crippen LogP contribution in [0.25, 0.3) is 0 Å². The van der Waals surface area contributed by atoms with Crippen molar-refractivity contribution in [2.24, 2.45) is 10.7 Å². The molecular weight excluding hydrogens is 252 g/mol. The lowest BCUT2D eigenvalue weighted by Crippen LogP contribution is -2.22. The van der Waals surface area contributed by atoms with Crippen LogP contribution in [0.4, 0.5) is 0 Å². The van der Waals surface area contributed by atoms with Gasteiger partial charge in [-0.2, -0.15) is 0 Å².